The molecule has 0 saturated carbocycles. The van der Waals surface area contributed by atoms with Gasteiger partial charge in [0.2, 0.25) is 5.88 Å². The molecule has 0 amide bonds. The molecule has 5 heteroatoms. The minimum absolute atomic E-state index is 0.690. The van der Waals surface area contributed by atoms with Gasteiger partial charge in [-0.1, -0.05) is 12.5 Å². The summed E-state index contributed by atoms with van der Waals surface area (Å²) in [5, 5.41) is 4.50. The molecule has 1 aliphatic rings. The molecule has 25 heavy (non-hydrogen) atoms. The quantitative estimate of drug-likeness (QED) is 0.630. The molecule has 4 rings (SSSR count). The normalized spacial score (nSPS) is 14.2. The number of thiophene rings is 1. The summed E-state index contributed by atoms with van der Waals surface area (Å²) in [5.74, 6) is 1.51. The first-order valence-electron chi connectivity index (χ1n) is 9.04. The van der Waals surface area contributed by atoms with Crippen LogP contribution in [-0.2, 0) is 12.8 Å². The van der Waals surface area contributed by atoms with Crippen molar-refractivity contribution in [3.63, 3.8) is 0 Å². The number of nitrogens with zero attached hydrogens (tertiary/aromatic N) is 2. The topological polar surface area (TPSA) is 47.0 Å². The molecule has 0 unspecified atom stereocenters. The van der Waals surface area contributed by atoms with Crippen molar-refractivity contribution in [1.29, 1.82) is 0 Å². The number of hydrogen-bond donors (Lipinski definition) is 1. The van der Waals surface area contributed by atoms with E-state index < -0.39 is 0 Å². The Hall–Kier alpha value is -2.14. The number of anilines is 1. The Kier molecular flexibility index (Phi) is 4.57. The molecule has 0 saturated heterocycles. The van der Waals surface area contributed by atoms with E-state index in [9.17, 15) is 0 Å². The van der Waals surface area contributed by atoms with E-state index in [1.165, 1.54) is 35.3 Å². The lowest BCUT2D eigenvalue weighted by Gasteiger charge is -2.11. The Balaban J connectivity index is 1.74. The van der Waals surface area contributed by atoms with Crippen LogP contribution in [0, 0.1) is 6.92 Å². The number of hydrogen-bond acceptors (Lipinski definition) is 5. The summed E-state index contributed by atoms with van der Waals surface area (Å²) in [5.41, 5.74) is 3.73. The van der Waals surface area contributed by atoms with Crippen LogP contribution in [0.3, 0.4) is 0 Å². The average Bonchev–Trinajstić information content (AvgIpc) is 2.81. The van der Waals surface area contributed by atoms with Gasteiger partial charge in [-0.3, -0.25) is 0 Å². The van der Waals surface area contributed by atoms with E-state index in [1.807, 2.05) is 17.4 Å². The van der Waals surface area contributed by atoms with Crippen molar-refractivity contribution in [2.45, 2.75) is 46.0 Å². The van der Waals surface area contributed by atoms with Crippen molar-refractivity contribution in [2.75, 3.05) is 11.9 Å². The second-order valence-corrected chi connectivity index (χ2v) is 7.62. The molecule has 130 valence electrons. The lowest BCUT2D eigenvalue weighted by Crippen LogP contribution is -1.99. The Labute approximate surface area is 152 Å². The predicted molar refractivity (Wildman–Crippen MR) is 104 cm³/mol. The van der Waals surface area contributed by atoms with Crippen LogP contribution in [0.2, 0.25) is 0 Å². The number of aryl methyl sites for hydroxylation is 3. The molecule has 0 spiro atoms. The van der Waals surface area contributed by atoms with Gasteiger partial charge in [0, 0.05) is 23.2 Å². The summed E-state index contributed by atoms with van der Waals surface area (Å²) in [4.78, 5) is 11.5. The van der Waals surface area contributed by atoms with Crippen LogP contribution in [0.15, 0.2) is 24.5 Å². The summed E-state index contributed by atoms with van der Waals surface area (Å²) in [7, 11) is 0. The average molecular weight is 353 g/mol. The van der Waals surface area contributed by atoms with Gasteiger partial charge < -0.3 is 10.1 Å². The van der Waals surface area contributed by atoms with Gasteiger partial charge in [-0.05, 0) is 56.7 Å². The molecule has 0 aliphatic heterocycles. The number of nitrogens with one attached hydrogen (secondary N) is 1. The Bertz CT molecular complexity index is 903. The lowest BCUT2D eigenvalue weighted by atomic mass is 10.1. The smallest absolute Gasteiger partial charge is 0.231 e. The fourth-order valence-corrected chi connectivity index (χ4v) is 4.69. The molecule has 1 N–H and O–H groups in total. The molecule has 3 aromatic rings. The zero-order valence-corrected chi connectivity index (χ0v) is 15.6. The molecule has 1 aromatic carbocycles. The number of benzene rings is 1. The van der Waals surface area contributed by atoms with E-state index in [-0.39, 0.29) is 0 Å². The van der Waals surface area contributed by atoms with Gasteiger partial charge >= 0.3 is 0 Å². The zero-order chi connectivity index (χ0) is 17.2. The summed E-state index contributed by atoms with van der Waals surface area (Å²) in [6, 6.07) is 6.15. The maximum Gasteiger partial charge on any atom is 0.231 e. The van der Waals surface area contributed by atoms with Crippen LogP contribution in [0.25, 0.3) is 10.2 Å². The second-order valence-electron chi connectivity index (χ2n) is 6.53. The molecule has 2 heterocycles. The maximum absolute atomic E-state index is 6.21. The molecule has 0 radical (unpaired) electrons. The number of fused-ring (bicyclic) bond motifs is 3. The molecule has 0 atom stereocenters. The monoisotopic (exact) mass is 353 g/mol. The van der Waals surface area contributed by atoms with Crippen molar-refractivity contribution >= 4 is 27.2 Å². The minimum Gasteiger partial charge on any atom is -0.438 e. The molecular weight excluding hydrogens is 330 g/mol. The van der Waals surface area contributed by atoms with Crippen molar-refractivity contribution in [1.82, 2.24) is 9.97 Å². The maximum atomic E-state index is 6.21. The van der Waals surface area contributed by atoms with Crippen LogP contribution < -0.4 is 10.1 Å². The van der Waals surface area contributed by atoms with Gasteiger partial charge in [0.05, 0.1) is 5.39 Å². The Morgan fingerprint density at radius 2 is 2.04 bits per heavy atom. The molecule has 0 fully saturated rings. The largest absolute Gasteiger partial charge is 0.438 e. The summed E-state index contributed by atoms with van der Waals surface area (Å²) in [6.07, 6.45) is 7.69. The lowest BCUT2D eigenvalue weighted by molar-refractivity contribution is 0.468. The fraction of sp³-hybridized carbons (Fsp3) is 0.400. The van der Waals surface area contributed by atoms with E-state index in [2.05, 4.69) is 41.3 Å². The van der Waals surface area contributed by atoms with Crippen molar-refractivity contribution in [3.05, 3.63) is 40.5 Å². The van der Waals surface area contributed by atoms with E-state index in [0.717, 1.165) is 41.0 Å². The molecular formula is C20H23N3OS. The van der Waals surface area contributed by atoms with Crippen molar-refractivity contribution < 1.29 is 4.74 Å². The van der Waals surface area contributed by atoms with Crippen LogP contribution >= 0.6 is 11.3 Å². The third-order valence-electron chi connectivity index (χ3n) is 4.76. The Morgan fingerprint density at radius 3 is 2.92 bits per heavy atom. The van der Waals surface area contributed by atoms with Crippen LogP contribution in [0.1, 0.15) is 42.2 Å². The number of ether oxygens (including phenoxy) is 1. The van der Waals surface area contributed by atoms with Gasteiger partial charge in [0.1, 0.15) is 16.9 Å². The summed E-state index contributed by atoms with van der Waals surface area (Å²) in [6.45, 7) is 5.09. The highest BCUT2D eigenvalue weighted by molar-refractivity contribution is 7.18. The van der Waals surface area contributed by atoms with E-state index in [0.29, 0.717) is 5.88 Å². The van der Waals surface area contributed by atoms with Gasteiger partial charge in [-0.2, -0.15) is 0 Å². The highest BCUT2D eigenvalue weighted by Crippen LogP contribution is 2.40. The van der Waals surface area contributed by atoms with Crippen LogP contribution in [0.5, 0.6) is 11.6 Å². The van der Waals surface area contributed by atoms with Gasteiger partial charge in [-0.15, -0.1) is 11.3 Å². The molecule has 1 aliphatic carbocycles. The molecule has 0 bridgehead atoms. The van der Waals surface area contributed by atoms with Gasteiger partial charge in [-0.25, -0.2) is 9.97 Å². The predicted octanol–water partition coefficient (Wildman–Crippen LogP) is 5.49. The van der Waals surface area contributed by atoms with Crippen LogP contribution in [-0.4, -0.2) is 16.5 Å². The van der Waals surface area contributed by atoms with E-state index >= 15 is 0 Å². The van der Waals surface area contributed by atoms with Crippen molar-refractivity contribution in [3.8, 4) is 11.6 Å². The van der Waals surface area contributed by atoms with Crippen molar-refractivity contribution in [2.24, 2.45) is 0 Å². The minimum atomic E-state index is 0.690. The third-order valence-corrected chi connectivity index (χ3v) is 5.96. The first-order valence-corrected chi connectivity index (χ1v) is 9.85. The summed E-state index contributed by atoms with van der Waals surface area (Å²) < 4.78 is 6.21. The second kappa shape index (κ2) is 7.00. The highest BCUT2D eigenvalue weighted by atomic mass is 32.1. The zero-order valence-electron chi connectivity index (χ0n) is 14.8. The van der Waals surface area contributed by atoms with E-state index in [1.54, 1.807) is 6.33 Å². The number of rotatable bonds is 4. The third kappa shape index (κ3) is 3.21. The van der Waals surface area contributed by atoms with E-state index in [4.69, 9.17) is 4.74 Å². The fourth-order valence-electron chi connectivity index (χ4n) is 3.47. The molecule has 2 aromatic heterocycles. The summed E-state index contributed by atoms with van der Waals surface area (Å²) >= 11 is 1.81. The SMILES string of the molecule is CCNc1cc(Oc2ncnc3sc4c(c23)CCCCC4)ccc1C. The van der Waals surface area contributed by atoms with Crippen LogP contribution in [0.4, 0.5) is 5.69 Å². The Morgan fingerprint density at radius 1 is 1.16 bits per heavy atom. The standard InChI is InChI=1S/C20H23N3OS/c1-3-21-16-11-14(10-9-13(16)2)24-19-18-15-7-5-4-6-8-17(15)25-20(18)23-12-22-19/h9-12,21H,3-8H2,1-2H3. The first-order chi connectivity index (χ1) is 12.3. The molecule has 4 nitrogen and oxygen atoms in total. The highest BCUT2D eigenvalue weighted by Gasteiger charge is 2.20. The van der Waals surface area contributed by atoms with Gasteiger partial charge in [0.25, 0.3) is 0 Å². The van der Waals surface area contributed by atoms with Gasteiger partial charge in [0.15, 0.2) is 0 Å². The first kappa shape index (κ1) is 16.3. The number of aromatic nitrogens is 2.